The molecule has 0 unspecified atom stereocenters. The molecule has 6 aliphatic heterocycles. The van der Waals surface area contributed by atoms with Crippen LogP contribution in [0.5, 0.6) is 0 Å². The lowest BCUT2D eigenvalue weighted by atomic mass is 9.96. The Balaban J connectivity index is 0.000000159. The highest BCUT2D eigenvalue weighted by Gasteiger charge is 2.57. The number of fused-ring (bicyclic) bond motifs is 6. The number of benzene rings is 4. The number of hydrogen-bond donors (Lipinski definition) is 8. The summed E-state index contributed by atoms with van der Waals surface area (Å²) in [5, 5.41) is 37.9. The molecule has 2 aliphatic carbocycles. The second-order valence-corrected chi connectivity index (χ2v) is 32.7. The molecule has 594 valence electrons. The third-order valence-electron chi connectivity index (χ3n) is 23.8. The zero-order valence-corrected chi connectivity index (χ0v) is 66.6. The number of anilines is 2. The fourth-order valence-electron chi connectivity index (χ4n) is 16.9. The lowest BCUT2D eigenvalue weighted by molar-refractivity contribution is -0.138. The molecule has 25 nitrogen and oxygen atoms in total. The van der Waals surface area contributed by atoms with Crippen LogP contribution in [0.15, 0.2) is 97.3 Å². The molecule has 4 atom stereocenters. The maximum atomic E-state index is 13.8. The molecule has 2 saturated carbocycles. The fourth-order valence-corrected chi connectivity index (χ4v) is 16.9. The third-order valence-corrected chi connectivity index (χ3v) is 23.8. The molecule has 16 rings (SSSR count). The number of pyridine rings is 2. The minimum absolute atomic E-state index is 0.161. The highest BCUT2D eigenvalue weighted by molar-refractivity contribution is 6.09. The fraction of sp³-hybridized carbons (Fsp3) is 0.517. The number of carbonyl (C=O) groups is 6. The number of carbonyl (C=O) groups excluding carboxylic acids is 6. The topological polar surface area (TPSA) is 294 Å². The minimum Gasteiger partial charge on any atom is -0.444 e. The number of aromatic nitrogens is 6. The Morgan fingerprint density at radius 3 is 1.46 bits per heavy atom. The molecule has 10 heterocycles. The molecule has 8 aromatic rings. The van der Waals surface area contributed by atoms with E-state index in [1.165, 1.54) is 28.7 Å². The SMILES string of the molecule is CC(C)(C)OC(=O)N1C[C@H]2C[C@@H]1CN2.CCc1nc2c(cnn2CC)c(NC2CCOCC2)c1CNC(=O)C1(C(=O)NCc2ccc(C)c(-c3cccc(C=O)c3)c2)CC1.CCc1nc2c(cnn2CC)c(NC2CCOCC2)c1CNC(=O)C1(C(=O)NCc2ccc(C)c(-c3cccc(CN4C[C@@H]5C[C@H]4CN5)c3)c2)CC1. The highest BCUT2D eigenvalue weighted by Crippen LogP contribution is 2.48. The molecule has 8 N–H and O–H groups in total. The van der Waals surface area contributed by atoms with Crippen LogP contribution in [0.4, 0.5) is 16.2 Å². The van der Waals surface area contributed by atoms with Gasteiger partial charge in [0.1, 0.15) is 22.7 Å². The summed E-state index contributed by atoms with van der Waals surface area (Å²) in [6, 6.07) is 31.4. The summed E-state index contributed by atoms with van der Waals surface area (Å²) in [5.41, 5.74) is 15.3. The van der Waals surface area contributed by atoms with Crippen LogP contribution in [0.3, 0.4) is 0 Å². The number of nitrogens with zero attached hydrogens (tertiary/aromatic N) is 8. The van der Waals surface area contributed by atoms with Crippen molar-refractivity contribution in [2.24, 2.45) is 10.8 Å². The van der Waals surface area contributed by atoms with Gasteiger partial charge >= 0.3 is 6.09 Å². The lowest BCUT2D eigenvalue weighted by Crippen LogP contribution is -2.48. The first-order valence-electron chi connectivity index (χ1n) is 40.8. The van der Waals surface area contributed by atoms with Crippen LogP contribution < -0.4 is 42.5 Å². The minimum atomic E-state index is -1.07. The quantitative estimate of drug-likeness (QED) is 0.0195. The second-order valence-electron chi connectivity index (χ2n) is 32.7. The summed E-state index contributed by atoms with van der Waals surface area (Å²) in [5.74, 6) is -0.956. The van der Waals surface area contributed by atoms with Gasteiger partial charge in [-0.3, -0.25) is 28.9 Å². The van der Waals surface area contributed by atoms with Gasteiger partial charge in [-0.05, 0) is 200 Å². The van der Waals surface area contributed by atoms with E-state index in [-0.39, 0.29) is 54.0 Å². The lowest BCUT2D eigenvalue weighted by Gasteiger charge is -2.30. The van der Waals surface area contributed by atoms with Crippen molar-refractivity contribution in [3.63, 3.8) is 0 Å². The molecule has 0 radical (unpaired) electrons. The summed E-state index contributed by atoms with van der Waals surface area (Å²) in [6.07, 6.45) is 13.9. The van der Waals surface area contributed by atoms with Gasteiger partial charge < -0.3 is 61.6 Å². The maximum absolute atomic E-state index is 13.8. The first-order valence-corrected chi connectivity index (χ1v) is 40.8. The Morgan fingerprint density at radius 1 is 0.571 bits per heavy atom. The van der Waals surface area contributed by atoms with Crippen LogP contribution in [-0.4, -0.2) is 170 Å². The number of ether oxygens (including phenoxy) is 3. The average molecular weight is 1530 g/mol. The Bertz CT molecular complexity index is 4770. The van der Waals surface area contributed by atoms with E-state index < -0.39 is 10.8 Å². The van der Waals surface area contributed by atoms with Crippen molar-refractivity contribution in [3.05, 3.63) is 153 Å². The van der Waals surface area contributed by atoms with E-state index in [1.807, 2.05) is 97.7 Å². The summed E-state index contributed by atoms with van der Waals surface area (Å²) >= 11 is 0. The summed E-state index contributed by atoms with van der Waals surface area (Å²) in [7, 11) is 0. The smallest absolute Gasteiger partial charge is 0.410 e. The van der Waals surface area contributed by atoms with Crippen LogP contribution in [-0.2, 0) is 92.0 Å². The van der Waals surface area contributed by atoms with Crippen molar-refractivity contribution in [3.8, 4) is 22.3 Å². The maximum Gasteiger partial charge on any atom is 0.410 e. The molecular weight excluding hydrogens is 1410 g/mol. The molecule has 4 bridgehead atoms. The van der Waals surface area contributed by atoms with E-state index in [1.54, 1.807) is 6.07 Å². The number of aldehydes is 1. The van der Waals surface area contributed by atoms with Crippen molar-refractivity contribution >= 4 is 69.4 Å². The monoisotopic (exact) mass is 1520 g/mol. The zero-order valence-electron chi connectivity index (χ0n) is 66.6. The van der Waals surface area contributed by atoms with Gasteiger partial charge in [0.25, 0.3) is 0 Å². The van der Waals surface area contributed by atoms with Crippen molar-refractivity contribution in [2.45, 2.75) is 227 Å². The number of rotatable bonds is 25. The molecule has 5 amide bonds. The molecule has 4 aromatic heterocycles. The Kier molecular flexibility index (Phi) is 24.2. The predicted molar refractivity (Wildman–Crippen MR) is 433 cm³/mol. The number of hydrogen-bond acceptors (Lipinski definition) is 18. The summed E-state index contributed by atoms with van der Waals surface area (Å²) < 4.78 is 20.3. The molecule has 8 aliphatic rings. The number of likely N-dealkylation sites (tertiary alicyclic amines) is 2. The normalized spacial score (nSPS) is 20.1. The van der Waals surface area contributed by atoms with Crippen LogP contribution >= 0.6 is 0 Å². The highest BCUT2D eigenvalue weighted by atomic mass is 16.6. The van der Waals surface area contributed by atoms with Crippen LogP contribution in [0.1, 0.15) is 173 Å². The van der Waals surface area contributed by atoms with Crippen LogP contribution in [0, 0.1) is 24.7 Å². The van der Waals surface area contributed by atoms with E-state index in [0.717, 1.165) is 175 Å². The van der Waals surface area contributed by atoms with Gasteiger partial charge in [-0.25, -0.2) is 24.1 Å². The number of aryl methyl sites for hydroxylation is 6. The first kappa shape index (κ1) is 79.0. The van der Waals surface area contributed by atoms with Gasteiger partial charge in [-0.15, -0.1) is 0 Å². The van der Waals surface area contributed by atoms with Crippen molar-refractivity contribution in [2.75, 3.05) is 63.2 Å². The van der Waals surface area contributed by atoms with Gasteiger partial charge in [-0.1, -0.05) is 74.5 Å². The van der Waals surface area contributed by atoms with Gasteiger partial charge in [-0.2, -0.15) is 10.2 Å². The predicted octanol–water partition coefficient (Wildman–Crippen LogP) is 10.9. The van der Waals surface area contributed by atoms with E-state index in [2.05, 4.69) is 128 Å². The van der Waals surface area contributed by atoms with Gasteiger partial charge in [0.2, 0.25) is 23.6 Å². The number of amides is 5. The standard InChI is InChI=1S/C41H52N8O3.C36H42N6O4.C10H18N2O2/c1-4-36-34(37(46-30-11-15-52-16-12-30)35-23-45-49(5-2)38(35)47-36)22-44-40(51)41(13-14-41)39(50)43-20-27-10-9-26(3)33(18-27)29-8-6-7-28(17-29)24-48-25-31-19-32(48)21-42-31;1-4-31-29(32(40-27-11-15-46-16-12-27)30-21-39-42(5-2)33(30)41-31)20-38-35(45)36(13-14-36)34(44)37-19-24-10-9-23(3)28(18-24)26-8-6-7-25(17-26)22-43;1-10(2,3)14-9(13)12-6-7-4-8(12)5-11-7/h6-10,17-18,23,30-32,42H,4-5,11-16,19-22,24-25H2,1-3H3,(H,43,50)(H,44,51)(H,46,47);6-10,17-18,21-22,27H,4-5,11-16,19-20H2,1-3H3,(H,37,44)(H,38,45)(H,40,41);7-8,11H,4-6H2,1-3H3/t31-,32-;;7-,8-/m0.1/s1. The molecule has 6 saturated heterocycles. The van der Waals surface area contributed by atoms with E-state index in [9.17, 15) is 28.8 Å². The van der Waals surface area contributed by atoms with E-state index in [4.69, 9.17) is 24.2 Å². The molecule has 112 heavy (non-hydrogen) atoms. The summed E-state index contributed by atoms with van der Waals surface area (Å²) in [4.78, 5) is 92.0. The molecule has 8 fully saturated rings. The van der Waals surface area contributed by atoms with Crippen LogP contribution in [0.2, 0.25) is 0 Å². The number of piperazine rings is 2. The van der Waals surface area contributed by atoms with Gasteiger partial charge in [0.05, 0.1) is 34.5 Å². The van der Waals surface area contributed by atoms with Crippen LogP contribution in [0.25, 0.3) is 44.3 Å². The third kappa shape index (κ3) is 17.6. The number of nitrogens with one attached hydrogen (secondary N) is 8. The molecule has 25 heteroatoms. The molecule has 0 spiro atoms. The average Bonchev–Trinajstić information content (AvgIpc) is 1.61. The molecule has 4 aromatic carbocycles. The zero-order chi connectivity index (χ0) is 78.4. The summed E-state index contributed by atoms with van der Waals surface area (Å²) in [6.45, 7) is 28.5. The second kappa shape index (κ2) is 34.4. The Hall–Kier alpha value is -9.66. The van der Waals surface area contributed by atoms with E-state index in [0.29, 0.717) is 108 Å². The van der Waals surface area contributed by atoms with Gasteiger partial charge in [0.15, 0.2) is 11.3 Å². The van der Waals surface area contributed by atoms with E-state index >= 15 is 0 Å². The molecular formula is C87H112N16O9. The Morgan fingerprint density at radius 2 is 1.04 bits per heavy atom. The Labute approximate surface area is 657 Å². The largest absolute Gasteiger partial charge is 0.444 e. The first-order chi connectivity index (χ1) is 54.2. The van der Waals surface area contributed by atoms with Crippen molar-refractivity contribution in [1.29, 1.82) is 0 Å². The van der Waals surface area contributed by atoms with Gasteiger partial charge in [0, 0.05) is 163 Å². The van der Waals surface area contributed by atoms with Crippen molar-refractivity contribution < 1.29 is 43.0 Å². The van der Waals surface area contributed by atoms with Crippen molar-refractivity contribution in [1.82, 2.24) is 71.2 Å².